The molecule has 7 heteroatoms. The molecule has 0 bridgehead atoms. The van der Waals surface area contributed by atoms with Crippen molar-refractivity contribution in [3.8, 4) is 16.9 Å². The molecule has 0 spiro atoms. The molecule has 0 aliphatic carbocycles. The topological polar surface area (TPSA) is 67.3 Å². The number of nitrogens with one attached hydrogen (secondary N) is 1. The van der Waals surface area contributed by atoms with E-state index in [-0.39, 0.29) is 11.8 Å². The molecule has 0 saturated carbocycles. The first-order valence-electron chi connectivity index (χ1n) is 9.22. The lowest BCUT2D eigenvalue weighted by Crippen LogP contribution is -2.25. The van der Waals surface area contributed by atoms with Crippen LogP contribution in [0.25, 0.3) is 11.1 Å². The van der Waals surface area contributed by atoms with Gasteiger partial charge in [-0.15, -0.1) is 11.6 Å². The predicted octanol–water partition coefficient (Wildman–Crippen LogP) is 3.41. The third kappa shape index (κ3) is 4.96. The molecule has 1 aliphatic rings. The summed E-state index contributed by atoms with van der Waals surface area (Å²) in [6.45, 7) is 7.71. The minimum atomic E-state index is -0.247. The molecule has 1 aliphatic heterocycles. The van der Waals surface area contributed by atoms with Gasteiger partial charge in [0, 0.05) is 34.7 Å². The van der Waals surface area contributed by atoms with Crippen LogP contribution in [0.5, 0.6) is 5.75 Å². The van der Waals surface area contributed by atoms with Crippen molar-refractivity contribution in [2.75, 3.05) is 37.4 Å². The Kier molecular flexibility index (Phi) is 6.63. The number of anilines is 1. The highest BCUT2D eigenvalue weighted by Crippen LogP contribution is 2.35. The summed E-state index contributed by atoms with van der Waals surface area (Å²) in [6, 6.07) is 5.61. The van der Waals surface area contributed by atoms with E-state index in [0.29, 0.717) is 12.3 Å². The normalized spacial score (nSPS) is 14.3. The van der Waals surface area contributed by atoms with Crippen LogP contribution < -0.4 is 10.1 Å². The van der Waals surface area contributed by atoms with E-state index < -0.39 is 0 Å². The smallest absolute Gasteiger partial charge is 0.239 e. The second-order valence-corrected chi connectivity index (χ2v) is 6.98. The third-order valence-electron chi connectivity index (χ3n) is 4.74. The molecule has 27 heavy (non-hydrogen) atoms. The first kappa shape index (κ1) is 19.6. The Balaban J connectivity index is 1.87. The molecule has 144 valence electrons. The molecule has 1 aromatic carbocycles. The molecule has 0 radical (unpaired) electrons. The zero-order valence-corrected chi connectivity index (χ0v) is 16.6. The van der Waals surface area contributed by atoms with E-state index >= 15 is 0 Å². The Bertz CT molecular complexity index is 786. The van der Waals surface area contributed by atoms with Gasteiger partial charge in [-0.3, -0.25) is 9.69 Å². The van der Waals surface area contributed by atoms with E-state index in [4.69, 9.17) is 16.3 Å². The van der Waals surface area contributed by atoms with E-state index in [0.717, 1.165) is 47.9 Å². The number of halogens is 1. The van der Waals surface area contributed by atoms with Crippen LogP contribution in [-0.2, 0) is 4.79 Å². The van der Waals surface area contributed by atoms with Crippen molar-refractivity contribution < 1.29 is 9.53 Å². The van der Waals surface area contributed by atoms with Crippen LogP contribution in [0.15, 0.2) is 24.5 Å². The molecule has 0 atom stereocenters. The lowest BCUT2D eigenvalue weighted by atomic mass is 10.0. The second-order valence-electron chi connectivity index (χ2n) is 6.71. The molecule has 6 nitrogen and oxygen atoms in total. The van der Waals surface area contributed by atoms with E-state index in [1.807, 2.05) is 32.0 Å². The number of amides is 1. The molecule has 1 fully saturated rings. The molecule has 1 saturated heterocycles. The number of aryl methyl sites for hydroxylation is 2. The number of hydrogen-bond donors (Lipinski definition) is 1. The summed E-state index contributed by atoms with van der Waals surface area (Å²) in [6.07, 6.45) is 4.08. The zero-order valence-electron chi connectivity index (χ0n) is 15.8. The Morgan fingerprint density at radius 2 is 1.93 bits per heavy atom. The van der Waals surface area contributed by atoms with Crippen molar-refractivity contribution in [1.29, 1.82) is 0 Å². The highest BCUT2D eigenvalue weighted by molar-refractivity contribution is 6.29. The molecule has 2 aromatic rings. The molecule has 1 aromatic heterocycles. The molecule has 0 unspecified atom stereocenters. The lowest BCUT2D eigenvalue weighted by Gasteiger charge is -2.18. The van der Waals surface area contributed by atoms with Crippen molar-refractivity contribution in [2.45, 2.75) is 26.7 Å². The number of carbonyl (C=O) groups is 1. The van der Waals surface area contributed by atoms with Crippen LogP contribution in [0.1, 0.15) is 24.2 Å². The van der Waals surface area contributed by atoms with Crippen LogP contribution in [-0.4, -0.2) is 52.9 Å². The number of carbonyl (C=O) groups excluding carboxylic acids is 1. The number of alkyl halides is 1. The van der Waals surface area contributed by atoms with Gasteiger partial charge in [-0.05, 0) is 58.0 Å². The van der Waals surface area contributed by atoms with E-state index in [9.17, 15) is 4.79 Å². The van der Waals surface area contributed by atoms with E-state index in [1.165, 1.54) is 12.8 Å². The third-order valence-corrected chi connectivity index (χ3v) is 4.99. The van der Waals surface area contributed by atoms with Gasteiger partial charge in [-0.2, -0.15) is 0 Å². The van der Waals surface area contributed by atoms with Crippen molar-refractivity contribution in [1.82, 2.24) is 14.9 Å². The fourth-order valence-corrected chi connectivity index (χ4v) is 3.46. The number of benzene rings is 1. The second kappa shape index (κ2) is 9.15. The van der Waals surface area contributed by atoms with Gasteiger partial charge in [0.25, 0.3) is 0 Å². The average molecular weight is 389 g/mol. The summed E-state index contributed by atoms with van der Waals surface area (Å²) < 4.78 is 6.11. The summed E-state index contributed by atoms with van der Waals surface area (Å²) >= 11 is 5.61. The number of aromatic nitrogens is 2. The van der Waals surface area contributed by atoms with Crippen LogP contribution >= 0.6 is 11.6 Å². The number of rotatable bonds is 7. The first-order valence-corrected chi connectivity index (χ1v) is 9.75. The van der Waals surface area contributed by atoms with Gasteiger partial charge in [-0.1, -0.05) is 0 Å². The maximum atomic E-state index is 11.7. The summed E-state index contributed by atoms with van der Waals surface area (Å²) in [4.78, 5) is 22.7. The maximum absolute atomic E-state index is 11.7. The largest absolute Gasteiger partial charge is 0.492 e. The van der Waals surface area contributed by atoms with Crippen LogP contribution in [0.2, 0.25) is 0 Å². The summed E-state index contributed by atoms with van der Waals surface area (Å²) in [5, 5.41) is 2.79. The average Bonchev–Trinajstić information content (AvgIpc) is 3.16. The van der Waals surface area contributed by atoms with Crippen LogP contribution in [0.3, 0.4) is 0 Å². The highest BCUT2D eigenvalue weighted by atomic mass is 35.5. The Morgan fingerprint density at radius 3 is 2.59 bits per heavy atom. The standard InChI is InChI=1S/C20H25ClN4O2/c1-14-20(15(2)23-13-22-14)17-11-16(24-19(26)12-21)5-6-18(17)27-10-9-25-7-3-4-8-25/h5-6,11,13H,3-4,7-10,12H2,1-2H3,(H,24,26). The zero-order chi connectivity index (χ0) is 19.2. The molecule has 3 rings (SSSR count). The maximum Gasteiger partial charge on any atom is 0.239 e. The number of nitrogens with zero attached hydrogens (tertiary/aromatic N) is 3. The molecule has 2 heterocycles. The molecule has 1 amide bonds. The SMILES string of the molecule is Cc1ncnc(C)c1-c1cc(NC(=O)CCl)ccc1OCCN1CCCC1. The Morgan fingerprint density at radius 1 is 1.22 bits per heavy atom. The van der Waals surface area contributed by atoms with E-state index in [2.05, 4.69) is 20.2 Å². The molecular weight excluding hydrogens is 364 g/mol. The molecular formula is C20H25ClN4O2. The van der Waals surface area contributed by atoms with Crippen molar-refractivity contribution >= 4 is 23.2 Å². The van der Waals surface area contributed by atoms with Gasteiger partial charge in [0.1, 0.15) is 24.6 Å². The van der Waals surface area contributed by atoms with Gasteiger partial charge >= 0.3 is 0 Å². The summed E-state index contributed by atoms with van der Waals surface area (Å²) in [5.74, 6) is 0.428. The minimum absolute atomic E-state index is 0.0874. The fraction of sp³-hybridized carbons (Fsp3) is 0.450. The van der Waals surface area contributed by atoms with Crippen molar-refractivity contribution in [3.63, 3.8) is 0 Å². The first-order chi connectivity index (χ1) is 13.1. The summed E-state index contributed by atoms with van der Waals surface area (Å²) in [7, 11) is 0. The van der Waals surface area contributed by atoms with Gasteiger partial charge in [0.05, 0.1) is 0 Å². The number of ether oxygens (including phenoxy) is 1. The van der Waals surface area contributed by atoms with Crippen molar-refractivity contribution in [3.05, 3.63) is 35.9 Å². The highest BCUT2D eigenvalue weighted by Gasteiger charge is 2.16. The van der Waals surface area contributed by atoms with Crippen LogP contribution in [0.4, 0.5) is 5.69 Å². The minimum Gasteiger partial charge on any atom is -0.492 e. The quantitative estimate of drug-likeness (QED) is 0.736. The Labute approximate surface area is 164 Å². The van der Waals surface area contributed by atoms with E-state index in [1.54, 1.807) is 6.33 Å². The van der Waals surface area contributed by atoms with Crippen molar-refractivity contribution in [2.24, 2.45) is 0 Å². The van der Waals surface area contributed by atoms with Gasteiger partial charge < -0.3 is 10.1 Å². The number of hydrogen-bond acceptors (Lipinski definition) is 5. The lowest BCUT2D eigenvalue weighted by molar-refractivity contribution is -0.113. The van der Waals surface area contributed by atoms with Gasteiger partial charge in [0.15, 0.2) is 0 Å². The molecule has 1 N–H and O–H groups in total. The van der Waals surface area contributed by atoms with Crippen LogP contribution in [0, 0.1) is 13.8 Å². The number of likely N-dealkylation sites (tertiary alicyclic amines) is 1. The Hall–Kier alpha value is -2.18. The van der Waals surface area contributed by atoms with Gasteiger partial charge in [-0.25, -0.2) is 9.97 Å². The monoisotopic (exact) mass is 388 g/mol. The van der Waals surface area contributed by atoms with Gasteiger partial charge in [0.2, 0.25) is 5.91 Å². The summed E-state index contributed by atoms with van der Waals surface area (Å²) in [5.41, 5.74) is 4.21. The predicted molar refractivity (Wildman–Crippen MR) is 107 cm³/mol. The fourth-order valence-electron chi connectivity index (χ4n) is 3.40.